The van der Waals surface area contributed by atoms with Gasteiger partial charge in [-0.1, -0.05) is 0 Å². The number of rotatable bonds is 6. The van der Waals surface area contributed by atoms with Gasteiger partial charge in [-0.3, -0.25) is 9.59 Å². The minimum absolute atomic E-state index is 0.00412. The molecule has 0 spiro atoms. The summed E-state index contributed by atoms with van der Waals surface area (Å²) < 4.78 is 10.2. The zero-order valence-corrected chi connectivity index (χ0v) is 16.3. The number of carbonyl (C=O) groups is 3. The van der Waals surface area contributed by atoms with Crippen LogP contribution in [0.3, 0.4) is 0 Å². The fourth-order valence-corrected chi connectivity index (χ4v) is 3.15. The van der Waals surface area contributed by atoms with E-state index >= 15 is 0 Å². The molecule has 0 aliphatic carbocycles. The van der Waals surface area contributed by atoms with E-state index in [0.717, 1.165) is 0 Å². The molecule has 0 atom stereocenters. The predicted octanol–water partition coefficient (Wildman–Crippen LogP) is 2.56. The van der Waals surface area contributed by atoms with Gasteiger partial charge in [0.25, 0.3) is 11.8 Å². The maximum atomic E-state index is 12.5. The van der Waals surface area contributed by atoms with E-state index in [1.807, 2.05) is 0 Å². The van der Waals surface area contributed by atoms with Gasteiger partial charge in [0.15, 0.2) is 0 Å². The van der Waals surface area contributed by atoms with Crippen LogP contribution in [0.2, 0.25) is 0 Å². The van der Waals surface area contributed by atoms with Crippen LogP contribution in [0.1, 0.15) is 46.2 Å². The fourth-order valence-electron chi connectivity index (χ4n) is 3.15. The second kappa shape index (κ2) is 9.77. The lowest BCUT2D eigenvalue weighted by molar-refractivity contribution is 0.0858. The van der Waals surface area contributed by atoms with Crippen LogP contribution in [0, 0.1) is 0 Å². The van der Waals surface area contributed by atoms with Crippen LogP contribution >= 0.6 is 0 Å². The first-order valence-electron chi connectivity index (χ1n) is 9.70. The smallest absolute Gasteiger partial charge is 0.409 e. The highest BCUT2D eigenvalue weighted by Gasteiger charge is 2.24. The highest BCUT2D eigenvalue weighted by atomic mass is 16.6. The number of hydrogen-bond donors (Lipinski definition) is 2. The van der Waals surface area contributed by atoms with Crippen molar-refractivity contribution in [2.45, 2.75) is 32.4 Å². The van der Waals surface area contributed by atoms with Gasteiger partial charge in [0.2, 0.25) is 0 Å². The van der Waals surface area contributed by atoms with Gasteiger partial charge in [-0.25, -0.2) is 4.79 Å². The minimum atomic E-state index is -0.307. The second-order valence-electron chi connectivity index (χ2n) is 6.77. The molecule has 0 radical (unpaired) electrons. The first kappa shape index (κ1) is 20.4. The summed E-state index contributed by atoms with van der Waals surface area (Å²) in [5, 5.41) is 5.75. The molecule has 3 rings (SSSR count). The normalized spacial score (nSPS) is 14.3. The van der Waals surface area contributed by atoms with Gasteiger partial charge in [0.1, 0.15) is 5.76 Å². The van der Waals surface area contributed by atoms with Crippen molar-refractivity contribution in [3.05, 3.63) is 59.5 Å². The first-order valence-corrected chi connectivity index (χ1v) is 9.70. The predicted molar refractivity (Wildman–Crippen MR) is 105 cm³/mol. The van der Waals surface area contributed by atoms with Crippen LogP contribution in [0.4, 0.5) is 4.79 Å². The number of nitrogens with zero attached hydrogens (tertiary/aromatic N) is 1. The van der Waals surface area contributed by atoms with E-state index in [9.17, 15) is 14.4 Å². The maximum Gasteiger partial charge on any atom is 0.409 e. The summed E-state index contributed by atoms with van der Waals surface area (Å²) in [6.07, 6.45) is 2.60. The van der Waals surface area contributed by atoms with E-state index in [-0.39, 0.29) is 23.9 Å². The number of hydrogen-bond acceptors (Lipinski definition) is 5. The Morgan fingerprint density at radius 2 is 1.72 bits per heavy atom. The van der Waals surface area contributed by atoms with Gasteiger partial charge in [-0.15, -0.1) is 0 Å². The lowest BCUT2D eigenvalue weighted by Crippen LogP contribution is -2.46. The highest BCUT2D eigenvalue weighted by Crippen LogP contribution is 2.13. The Kier molecular flexibility index (Phi) is 6.89. The molecule has 154 valence electrons. The van der Waals surface area contributed by atoms with Crippen molar-refractivity contribution in [2.24, 2.45) is 0 Å². The van der Waals surface area contributed by atoms with Gasteiger partial charge >= 0.3 is 6.09 Å². The van der Waals surface area contributed by atoms with Crippen LogP contribution in [-0.2, 0) is 11.3 Å². The van der Waals surface area contributed by atoms with E-state index in [1.54, 1.807) is 54.5 Å². The van der Waals surface area contributed by atoms with Crippen molar-refractivity contribution < 1.29 is 23.5 Å². The molecule has 2 N–H and O–H groups in total. The van der Waals surface area contributed by atoms with E-state index in [4.69, 9.17) is 9.15 Å². The molecule has 8 heteroatoms. The number of ether oxygens (including phenoxy) is 1. The summed E-state index contributed by atoms with van der Waals surface area (Å²) in [6, 6.07) is 10.0. The van der Waals surface area contributed by atoms with E-state index in [2.05, 4.69) is 10.6 Å². The Morgan fingerprint density at radius 3 is 2.31 bits per heavy atom. The standard InChI is InChI=1S/C21H25N3O5/c1-2-28-21(27)24-11-9-17(10-12-24)23-20(26)16-7-5-15(6-8-16)19(25)22-14-18-4-3-13-29-18/h3-8,13,17H,2,9-12,14H2,1H3,(H,22,25)(H,23,26). The molecule has 2 aromatic rings. The molecule has 1 aliphatic heterocycles. The third kappa shape index (κ3) is 5.60. The van der Waals surface area contributed by atoms with Crippen molar-refractivity contribution >= 4 is 17.9 Å². The van der Waals surface area contributed by atoms with Gasteiger partial charge in [0, 0.05) is 30.3 Å². The molecule has 1 fully saturated rings. The molecule has 1 aromatic heterocycles. The lowest BCUT2D eigenvalue weighted by atomic mass is 10.0. The SMILES string of the molecule is CCOC(=O)N1CCC(NC(=O)c2ccc(C(=O)NCc3ccco3)cc2)CC1. The topological polar surface area (TPSA) is 101 Å². The van der Waals surface area contributed by atoms with Crippen LogP contribution in [0.15, 0.2) is 47.1 Å². The van der Waals surface area contributed by atoms with Crippen molar-refractivity contribution in [1.82, 2.24) is 15.5 Å². The summed E-state index contributed by atoms with van der Waals surface area (Å²) in [7, 11) is 0. The fraction of sp³-hybridized carbons (Fsp3) is 0.381. The van der Waals surface area contributed by atoms with E-state index in [0.29, 0.717) is 56.0 Å². The lowest BCUT2D eigenvalue weighted by Gasteiger charge is -2.31. The van der Waals surface area contributed by atoms with Crippen molar-refractivity contribution in [3.8, 4) is 0 Å². The molecule has 0 bridgehead atoms. The Bertz CT molecular complexity index is 825. The van der Waals surface area contributed by atoms with Gasteiger partial charge in [-0.05, 0) is 56.2 Å². The monoisotopic (exact) mass is 399 g/mol. The van der Waals surface area contributed by atoms with Crippen LogP contribution < -0.4 is 10.6 Å². The molecule has 29 heavy (non-hydrogen) atoms. The second-order valence-corrected chi connectivity index (χ2v) is 6.77. The number of carbonyl (C=O) groups excluding carboxylic acids is 3. The average molecular weight is 399 g/mol. The van der Waals surface area contributed by atoms with Crippen LogP contribution in [0.25, 0.3) is 0 Å². The van der Waals surface area contributed by atoms with Gasteiger partial charge in [-0.2, -0.15) is 0 Å². The molecule has 1 aromatic carbocycles. The third-order valence-electron chi connectivity index (χ3n) is 4.77. The molecule has 0 saturated carbocycles. The summed E-state index contributed by atoms with van der Waals surface area (Å²) in [4.78, 5) is 38.0. The summed E-state index contributed by atoms with van der Waals surface area (Å²) in [5.74, 6) is 0.241. The summed E-state index contributed by atoms with van der Waals surface area (Å²) in [5.41, 5.74) is 0.955. The average Bonchev–Trinajstić information content (AvgIpc) is 3.26. The highest BCUT2D eigenvalue weighted by molar-refractivity contribution is 5.97. The quantitative estimate of drug-likeness (QED) is 0.777. The minimum Gasteiger partial charge on any atom is -0.467 e. The van der Waals surface area contributed by atoms with E-state index < -0.39 is 0 Å². The molecule has 8 nitrogen and oxygen atoms in total. The zero-order chi connectivity index (χ0) is 20.6. The summed E-state index contributed by atoms with van der Waals surface area (Å²) >= 11 is 0. The Hall–Kier alpha value is -3.29. The molecule has 1 aliphatic rings. The molecule has 2 heterocycles. The third-order valence-corrected chi connectivity index (χ3v) is 4.77. The number of likely N-dealkylation sites (tertiary alicyclic amines) is 1. The molecular weight excluding hydrogens is 374 g/mol. The van der Waals surface area contributed by atoms with Crippen molar-refractivity contribution in [3.63, 3.8) is 0 Å². The first-order chi connectivity index (χ1) is 14.1. The number of nitrogens with one attached hydrogen (secondary N) is 2. The van der Waals surface area contributed by atoms with Crippen LogP contribution in [0.5, 0.6) is 0 Å². The Morgan fingerprint density at radius 1 is 1.07 bits per heavy atom. The van der Waals surface area contributed by atoms with Gasteiger partial charge in [0.05, 0.1) is 19.4 Å². The van der Waals surface area contributed by atoms with Crippen molar-refractivity contribution in [2.75, 3.05) is 19.7 Å². The number of piperidine rings is 1. The largest absolute Gasteiger partial charge is 0.467 e. The maximum absolute atomic E-state index is 12.5. The molecule has 0 unspecified atom stereocenters. The summed E-state index contributed by atoms with van der Waals surface area (Å²) in [6.45, 7) is 3.54. The molecule has 1 saturated heterocycles. The molecular formula is C21H25N3O5. The van der Waals surface area contributed by atoms with Gasteiger partial charge < -0.3 is 24.7 Å². The number of benzene rings is 1. The van der Waals surface area contributed by atoms with Crippen molar-refractivity contribution in [1.29, 1.82) is 0 Å². The Labute approximate surface area is 169 Å². The molecule has 3 amide bonds. The van der Waals surface area contributed by atoms with E-state index in [1.165, 1.54) is 0 Å². The van der Waals surface area contributed by atoms with Crippen LogP contribution in [-0.4, -0.2) is 48.5 Å². The number of furan rings is 1. The Balaban J connectivity index is 1.46. The zero-order valence-electron chi connectivity index (χ0n) is 16.3. The number of amides is 3.